The predicted molar refractivity (Wildman–Crippen MR) is 118 cm³/mol. The number of unbranched alkanes of at least 4 members (excludes halogenated alkanes) is 4. The van der Waals surface area contributed by atoms with Crippen LogP contribution in [0.25, 0.3) is 0 Å². The van der Waals surface area contributed by atoms with E-state index in [1.807, 2.05) is 0 Å². The van der Waals surface area contributed by atoms with E-state index in [2.05, 4.69) is 62.0 Å². The third kappa shape index (κ3) is 49.7. The summed E-state index contributed by atoms with van der Waals surface area (Å²) >= 11 is 0. The molecule has 0 aliphatic rings. The van der Waals surface area contributed by atoms with Crippen LogP contribution in [0.4, 0.5) is 0 Å². The Hall–Kier alpha value is 0.551. The van der Waals surface area contributed by atoms with Gasteiger partial charge in [-0.2, -0.15) is 25.7 Å². The van der Waals surface area contributed by atoms with E-state index in [0.717, 1.165) is 25.7 Å². The Labute approximate surface area is 183 Å². The summed E-state index contributed by atoms with van der Waals surface area (Å²) in [7, 11) is 2.20. The van der Waals surface area contributed by atoms with E-state index in [1.54, 1.807) is 27.0 Å². The molecule has 26 heavy (non-hydrogen) atoms. The average molecular weight is 425 g/mol. The van der Waals surface area contributed by atoms with Crippen LogP contribution >= 0.6 is 0 Å². The maximum atomic E-state index is 4.96. The molecule has 3 nitrogen and oxygen atoms in total. The first kappa shape index (κ1) is 41.0. The Balaban J connectivity index is -0.0000000508. The minimum atomic E-state index is -2.43. The van der Waals surface area contributed by atoms with E-state index in [-0.39, 0.29) is 21.7 Å². The van der Waals surface area contributed by atoms with Crippen molar-refractivity contribution in [2.24, 2.45) is 0 Å². The SMILES string of the molecule is C=C[Si](OC)(OC)OC.[CH2-]CCC.[CH2-]CCC.[CH2-]CCC.[CH2-]CCC.[Ti+4]. The molecular formula is C21H48O3SiTi. The molecule has 0 radical (unpaired) electrons. The van der Waals surface area contributed by atoms with Gasteiger partial charge in [0.15, 0.2) is 0 Å². The molecule has 0 fully saturated rings. The average Bonchev–Trinajstić information content (AvgIpc) is 2.70. The van der Waals surface area contributed by atoms with Gasteiger partial charge in [-0.15, -0.1) is 0 Å². The Kier molecular flexibility index (Phi) is 70.6. The summed E-state index contributed by atoms with van der Waals surface area (Å²) in [6.07, 6.45) is 9.11. The summed E-state index contributed by atoms with van der Waals surface area (Å²) in [6, 6.07) is 0. The Morgan fingerprint density at radius 3 is 0.808 bits per heavy atom. The van der Waals surface area contributed by atoms with Gasteiger partial charge in [0.2, 0.25) is 0 Å². The van der Waals surface area contributed by atoms with Gasteiger partial charge < -0.3 is 41.0 Å². The molecule has 0 N–H and O–H groups in total. The Morgan fingerprint density at radius 2 is 0.808 bits per heavy atom. The maximum Gasteiger partial charge on any atom is 4.00 e. The van der Waals surface area contributed by atoms with Crippen LogP contribution in [-0.2, 0) is 35.0 Å². The molecule has 0 bridgehead atoms. The van der Waals surface area contributed by atoms with Crippen molar-refractivity contribution in [1.29, 1.82) is 0 Å². The fourth-order valence-corrected chi connectivity index (χ4v) is 1.50. The second-order valence-corrected chi connectivity index (χ2v) is 7.67. The fraction of sp³-hybridized carbons (Fsp3) is 0.714. The quantitative estimate of drug-likeness (QED) is 0.308. The molecule has 158 valence electrons. The minimum Gasteiger partial charge on any atom is -0.374 e. The third-order valence-corrected chi connectivity index (χ3v) is 4.72. The Morgan fingerprint density at radius 1 is 0.654 bits per heavy atom. The molecule has 0 saturated carbocycles. The van der Waals surface area contributed by atoms with E-state index in [9.17, 15) is 0 Å². The van der Waals surface area contributed by atoms with Gasteiger partial charge in [0.25, 0.3) is 0 Å². The van der Waals surface area contributed by atoms with Crippen LogP contribution in [0.2, 0.25) is 0 Å². The van der Waals surface area contributed by atoms with Gasteiger partial charge in [-0.25, -0.2) is 0 Å². The Bertz CT molecular complexity index is 158. The van der Waals surface area contributed by atoms with Gasteiger partial charge in [-0.05, 0) is 5.70 Å². The van der Waals surface area contributed by atoms with Crippen molar-refractivity contribution in [2.75, 3.05) is 21.3 Å². The number of rotatable bonds is 8. The normalized spacial score (nSPS) is 8.58. The first-order valence-corrected chi connectivity index (χ1v) is 11.2. The topological polar surface area (TPSA) is 27.7 Å². The summed E-state index contributed by atoms with van der Waals surface area (Å²) < 4.78 is 14.9. The molecule has 0 aliphatic heterocycles. The predicted octanol–water partition coefficient (Wildman–Crippen LogP) is 7.07. The van der Waals surface area contributed by atoms with Gasteiger partial charge in [0.05, 0.1) is 0 Å². The first-order chi connectivity index (χ1) is 11.9. The molecule has 0 atom stereocenters. The van der Waals surface area contributed by atoms with Crippen molar-refractivity contribution >= 4 is 8.80 Å². The van der Waals surface area contributed by atoms with Crippen molar-refractivity contribution < 1.29 is 35.0 Å². The van der Waals surface area contributed by atoms with Crippen molar-refractivity contribution in [2.45, 2.75) is 79.1 Å². The van der Waals surface area contributed by atoms with Gasteiger partial charge in [0, 0.05) is 21.3 Å². The first-order valence-electron chi connectivity index (χ1n) is 9.36. The molecule has 0 aromatic heterocycles. The van der Waals surface area contributed by atoms with Crippen LogP contribution in [0.1, 0.15) is 79.1 Å². The standard InChI is InChI=1S/C5H12O3Si.4C4H9.Ti/c1-5-9(6-2,7-3)8-4;4*1-3-4-2;/h5H,1H2,2-4H3;4*1,3-4H2,2H3;/q;4*-1;+4. The van der Waals surface area contributed by atoms with Gasteiger partial charge in [0.1, 0.15) is 0 Å². The molecule has 0 aromatic rings. The summed E-state index contributed by atoms with van der Waals surface area (Å²) in [6.45, 7) is 26.4. The van der Waals surface area contributed by atoms with Gasteiger partial charge >= 0.3 is 30.5 Å². The van der Waals surface area contributed by atoms with Crippen LogP contribution in [-0.4, -0.2) is 30.1 Å². The molecule has 0 heterocycles. The van der Waals surface area contributed by atoms with Crippen LogP contribution in [0, 0.1) is 27.7 Å². The van der Waals surface area contributed by atoms with Gasteiger partial charge in [-0.3, -0.25) is 0 Å². The number of hydrogen-bond acceptors (Lipinski definition) is 3. The summed E-state index contributed by atoms with van der Waals surface area (Å²) in [5, 5.41) is 0. The second-order valence-electron chi connectivity index (χ2n) is 4.83. The zero-order valence-corrected chi connectivity index (χ0v) is 21.6. The summed E-state index contributed by atoms with van der Waals surface area (Å²) in [5.74, 6) is 0. The fourth-order valence-electron chi connectivity index (χ4n) is 0.500. The minimum absolute atomic E-state index is 0. The number of hydrogen-bond donors (Lipinski definition) is 0. The molecule has 0 rings (SSSR count). The van der Waals surface area contributed by atoms with Crippen LogP contribution < -0.4 is 0 Å². The van der Waals surface area contributed by atoms with Crippen LogP contribution in [0.5, 0.6) is 0 Å². The summed E-state index contributed by atoms with van der Waals surface area (Å²) in [4.78, 5) is 0. The van der Waals surface area contributed by atoms with Crippen molar-refractivity contribution in [1.82, 2.24) is 0 Å². The van der Waals surface area contributed by atoms with E-state index in [0.29, 0.717) is 0 Å². The van der Waals surface area contributed by atoms with Crippen molar-refractivity contribution in [3.8, 4) is 0 Å². The largest absolute Gasteiger partial charge is 4.00 e. The van der Waals surface area contributed by atoms with E-state index in [4.69, 9.17) is 13.3 Å². The molecule has 5 heteroatoms. The summed E-state index contributed by atoms with van der Waals surface area (Å²) in [5.41, 5.74) is 1.58. The molecule has 0 spiro atoms. The molecule has 0 aliphatic carbocycles. The molecule has 0 aromatic carbocycles. The van der Waals surface area contributed by atoms with Gasteiger partial charge in [-0.1, -0.05) is 60.0 Å². The van der Waals surface area contributed by atoms with E-state index < -0.39 is 8.80 Å². The third-order valence-electron chi connectivity index (χ3n) is 2.52. The zero-order chi connectivity index (χ0) is 21.0. The van der Waals surface area contributed by atoms with Crippen LogP contribution in [0.15, 0.2) is 12.3 Å². The molecule has 0 saturated heterocycles. The molecule has 0 unspecified atom stereocenters. The molecular weight excluding hydrogens is 376 g/mol. The molecule has 0 amide bonds. The van der Waals surface area contributed by atoms with Crippen LogP contribution in [0.3, 0.4) is 0 Å². The zero-order valence-electron chi connectivity index (χ0n) is 19.0. The van der Waals surface area contributed by atoms with Crippen molar-refractivity contribution in [3.05, 3.63) is 40.0 Å². The van der Waals surface area contributed by atoms with E-state index in [1.165, 1.54) is 25.7 Å². The van der Waals surface area contributed by atoms with E-state index >= 15 is 0 Å². The van der Waals surface area contributed by atoms with Crippen molar-refractivity contribution in [3.63, 3.8) is 0 Å². The maximum absolute atomic E-state index is 4.96. The smallest absolute Gasteiger partial charge is 0.374 e. The monoisotopic (exact) mass is 424 g/mol. The second kappa shape index (κ2) is 44.8.